The van der Waals surface area contributed by atoms with Crippen LogP contribution in [0, 0.1) is 11.3 Å². The average Bonchev–Trinajstić information content (AvgIpc) is 2.28. The molecule has 4 heteroatoms. The van der Waals surface area contributed by atoms with Crippen LogP contribution in [0.15, 0.2) is 30.3 Å². The summed E-state index contributed by atoms with van der Waals surface area (Å²) in [5, 5.41) is 8.93. The topological polar surface area (TPSA) is 76.1 Å². The number of nitriles is 1. The zero-order valence-corrected chi connectivity index (χ0v) is 10.9. The molecule has 0 radical (unpaired) electrons. The number of hydrogen-bond donors (Lipinski definition) is 1. The van der Waals surface area contributed by atoms with Gasteiger partial charge in [0.05, 0.1) is 6.07 Å². The summed E-state index contributed by atoms with van der Waals surface area (Å²) >= 11 is 0. The van der Waals surface area contributed by atoms with Gasteiger partial charge in [-0.15, -0.1) is 0 Å². The second kappa shape index (κ2) is 5.65. The minimum absolute atomic E-state index is 0.470. The Balaban J connectivity index is 3.01. The molecule has 0 aliphatic heterocycles. The van der Waals surface area contributed by atoms with E-state index >= 15 is 0 Å². The van der Waals surface area contributed by atoms with E-state index in [2.05, 4.69) is 0 Å². The Morgan fingerprint density at radius 1 is 1.33 bits per heavy atom. The lowest BCUT2D eigenvalue weighted by atomic mass is 9.92. The number of nitrogens with zero attached hydrogens (tertiary/aromatic N) is 1. The van der Waals surface area contributed by atoms with Gasteiger partial charge in [0.25, 0.3) is 0 Å². The van der Waals surface area contributed by atoms with E-state index in [1.807, 2.05) is 12.1 Å². The Hall–Kier alpha value is -1.86. The van der Waals surface area contributed by atoms with Crippen LogP contribution in [0.2, 0.25) is 0 Å². The molecule has 0 bridgehead atoms. The summed E-state index contributed by atoms with van der Waals surface area (Å²) < 4.78 is 5.31. The second-order valence-corrected chi connectivity index (χ2v) is 5.08. The highest BCUT2D eigenvalue weighted by molar-refractivity contribution is 5.80. The third-order valence-corrected chi connectivity index (χ3v) is 2.33. The zero-order chi connectivity index (χ0) is 13.8. The third-order valence-electron chi connectivity index (χ3n) is 2.33. The van der Waals surface area contributed by atoms with Gasteiger partial charge in [0.1, 0.15) is 17.6 Å². The first-order chi connectivity index (χ1) is 8.35. The van der Waals surface area contributed by atoms with Crippen LogP contribution in [0.1, 0.15) is 32.3 Å². The molecule has 0 amide bonds. The molecule has 0 saturated heterocycles. The maximum Gasteiger partial charge on any atom is 0.316 e. The van der Waals surface area contributed by atoms with Gasteiger partial charge in [-0.2, -0.15) is 5.26 Å². The van der Waals surface area contributed by atoms with Gasteiger partial charge in [0, 0.05) is 0 Å². The molecule has 0 aromatic heterocycles. The fourth-order valence-corrected chi connectivity index (χ4v) is 1.59. The van der Waals surface area contributed by atoms with Crippen molar-refractivity contribution in [2.75, 3.05) is 0 Å². The molecule has 4 nitrogen and oxygen atoms in total. The van der Waals surface area contributed by atoms with Gasteiger partial charge in [-0.3, -0.25) is 4.79 Å². The van der Waals surface area contributed by atoms with Gasteiger partial charge in [-0.25, -0.2) is 0 Å². The highest BCUT2D eigenvalue weighted by Gasteiger charge is 2.31. The van der Waals surface area contributed by atoms with Crippen molar-refractivity contribution in [3.05, 3.63) is 35.9 Å². The largest absolute Gasteiger partial charge is 0.459 e. The summed E-state index contributed by atoms with van der Waals surface area (Å²) in [6.45, 7) is 5.35. The maximum absolute atomic E-state index is 12.1. The fraction of sp³-hybridized carbons (Fsp3) is 0.429. The molecule has 96 valence electrons. The number of esters is 1. The molecule has 0 aliphatic rings. The van der Waals surface area contributed by atoms with Crippen LogP contribution in [-0.2, 0) is 9.53 Å². The Kier molecular flexibility index (Phi) is 4.46. The average molecular weight is 246 g/mol. The second-order valence-electron chi connectivity index (χ2n) is 5.08. The van der Waals surface area contributed by atoms with Crippen LogP contribution in [0.4, 0.5) is 0 Å². The van der Waals surface area contributed by atoms with Crippen LogP contribution in [0.5, 0.6) is 0 Å². The number of carbonyl (C=O) groups excluding carboxylic acids is 1. The molecule has 1 aromatic rings. The van der Waals surface area contributed by atoms with E-state index in [9.17, 15) is 4.79 Å². The normalized spacial score (nSPS) is 14.4. The summed E-state index contributed by atoms with van der Waals surface area (Å²) in [4.78, 5) is 12.1. The first-order valence-corrected chi connectivity index (χ1v) is 5.78. The number of carbonyl (C=O) groups is 1. The summed E-state index contributed by atoms with van der Waals surface area (Å²) in [7, 11) is 0. The van der Waals surface area contributed by atoms with E-state index in [1.54, 1.807) is 45.0 Å². The van der Waals surface area contributed by atoms with Crippen molar-refractivity contribution in [2.45, 2.75) is 38.3 Å². The van der Waals surface area contributed by atoms with Crippen molar-refractivity contribution >= 4 is 5.97 Å². The minimum Gasteiger partial charge on any atom is -0.459 e. The SMILES string of the molecule is CC(C)(C)OC(=O)[C@H](c1ccccc1)[C@H](N)C#N. The standard InChI is InChI=1S/C14H18N2O2/c1-14(2,3)18-13(17)12(11(16)9-15)10-7-5-4-6-8-10/h4-8,11-12H,16H2,1-3H3/t11-,12-/m1/s1. The lowest BCUT2D eigenvalue weighted by Gasteiger charge is -2.25. The van der Waals surface area contributed by atoms with Crippen LogP contribution in [-0.4, -0.2) is 17.6 Å². The van der Waals surface area contributed by atoms with Crippen LogP contribution in [0.25, 0.3) is 0 Å². The lowest BCUT2D eigenvalue weighted by molar-refractivity contribution is -0.156. The lowest BCUT2D eigenvalue weighted by Crippen LogP contribution is -2.37. The number of hydrogen-bond acceptors (Lipinski definition) is 4. The van der Waals surface area contributed by atoms with Crippen molar-refractivity contribution < 1.29 is 9.53 Å². The van der Waals surface area contributed by atoms with Crippen molar-refractivity contribution in [1.29, 1.82) is 5.26 Å². The maximum atomic E-state index is 12.1. The van der Waals surface area contributed by atoms with E-state index in [4.69, 9.17) is 15.7 Å². The smallest absolute Gasteiger partial charge is 0.316 e. The molecule has 1 aromatic carbocycles. The molecule has 0 heterocycles. The molecule has 2 atom stereocenters. The van der Waals surface area contributed by atoms with E-state index in [0.29, 0.717) is 5.56 Å². The molecule has 0 aliphatic carbocycles. The van der Waals surface area contributed by atoms with Crippen LogP contribution >= 0.6 is 0 Å². The highest BCUT2D eigenvalue weighted by Crippen LogP contribution is 2.23. The third kappa shape index (κ3) is 3.86. The number of rotatable bonds is 3. The molecule has 18 heavy (non-hydrogen) atoms. The summed E-state index contributed by atoms with van der Waals surface area (Å²) in [5.41, 5.74) is 5.80. The molecule has 1 rings (SSSR count). The number of benzene rings is 1. The van der Waals surface area contributed by atoms with Gasteiger partial charge in [0.2, 0.25) is 0 Å². The minimum atomic E-state index is -0.915. The predicted molar refractivity (Wildman–Crippen MR) is 68.6 cm³/mol. The van der Waals surface area contributed by atoms with Gasteiger partial charge in [-0.1, -0.05) is 30.3 Å². The molecular formula is C14H18N2O2. The predicted octanol–water partition coefficient (Wildman–Crippen LogP) is 1.96. The molecule has 0 saturated carbocycles. The summed E-state index contributed by atoms with van der Waals surface area (Å²) in [6, 6.07) is 9.98. The number of nitrogens with two attached hydrogens (primary N) is 1. The zero-order valence-electron chi connectivity index (χ0n) is 10.9. The molecule has 0 fully saturated rings. The van der Waals surface area contributed by atoms with Crippen molar-refractivity contribution in [1.82, 2.24) is 0 Å². The Morgan fingerprint density at radius 2 is 1.89 bits per heavy atom. The Labute approximate surface area is 107 Å². The Bertz CT molecular complexity index is 443. The van der Waals surface area contributed by atoms with E-state index < -0.39 is 23.5 Å². The monoisotopic (exact) mass is 246 g/mol. The van der Waals surface area contributed by atoms with Crippen molar-refractivity contribution in [3.8, 4) is 6.07 Å². The van der Waals surface area contributed by atoms with Crippen LogP contribution in [0.3, 0.4) is 0 Å². The van der Waals surface area contributed by atoms with Crippen molar-refractivity contribution in [2.24, 2.45) is 5.73 Å². The molecule has 2 N–H and O–H groups in total. The van der Waals surface area contributed by atoms with Gasteiger partial charge in [0.15, 0.2) is 0 Å². The van der Waals surface area contributed by atoms with Gasteiger partial charge >= 0.3 is 5.97 Å². The highest BCUT2D eigenvalue weighted by atomic mass is 16.6. The quantitative estimate of drug-likeness (QED) is 0.827. The summed E-state index contributed by atoms with van der Waals surface area (Å²) in [5.74, 6) is -1.22. The first-order valence-electron chi connectivity index (χ1n) is 5.78. The van der Waals surface area contributed by atoms with Crippen molar-refractivity contribution in [3.63, 3.8) is 0 Å². The summed E-state index contributed by atoms with van der Waals surface area (Å²) in [6.07, 6.45) is 0. The molecule has 0 spiro atoms. The number of ether oxygens (including phenoxy) is 1. The fourth-order valence-electron chi connectivity index (χ4n) is 1.59. The van der Waals surface area contributed by atoms with Gasteiger partial charge < -0.3 is 10.5 Å². The molecular weight excluding hydrogens is 228 g/mol. The van der Waals surface area contributed by atoms with E-state index in [1.165, 1.54) is 0 Å². The van der Waals surface area contributed by atoms with E-state index in [-0.39, 0.29) is 0 Å². The van der Waals surface area contributed by atoms with E-state index in [0.717, 1.165) is 0 Å². The Morgan fingerprint density at radius 3 is 2.33 bits per heavy atom. The molecule has 0 unspecified atom stereocenters. The van der Waals surface area contributed by atoms with Crippen LogP contribution < -0.4 is 5.73 Å². The first kappa shape index (κ1) is 14.2. The van der Waals surface area contributed by atoms with Gasteiger partial charge in [-0.05, 0) is 26.3 Å².